The first-order chi connectivity index (χ1) is 64.1. The number of phenols is 3. The normalized spacial score (nSPS) is 27.2. The van der Waals surface area contributed by atoms with Gasteiger partial charge in [0.1, 0.15) is 123 Å². The minimum atomic E-state index is -2.40. The second kappa shape index (κ2) is 41.1. The molecule has 9 aliphatic rings. The number of hydrogen-bond donors (Lipinski definition) is 22. The van der Waals surface area contributed by atoms with Gasteiger partial charge >= 0.3 is 5.97 Å². The summed E-state index contributed by atoms with van der Waals surface area (Å²) in [7, 11) is 1.47. The molecule has 3 saturated heterocycles. The highest BCUT2D eigenvalue weighted by molar-refractivity contribution is 8.00. The van der Waals surface area contributed by atoms with Crippen LogP contribution in [0.15, 0.2) is 126 Å². The van der Waals surface area contributed by atoms with Gasteiger partial charge in [0.2, 0.25) is 59.3 Å². The number of nitrogens with zero attached hydrogens (tertiary/aromatic N) is 4. The largest absolute Gasteiger partial charge is 0.508 e. The van der Waals surface area contributed by atoms with Crippen molar-refractivity contribution in [1.82, 2.24) is 57.7 Å². The summed E-state index contributed by atoms with van der Waals surface area (Å²) in [5, 5.41) is 142. The summed E-state index contributed by atoms with van der Waals surface area (Å²) in [5.74, 6) is -20.2. The van der Waals surface area contributed by atoms with Crippen molar-refractivity contribution in [2.75, 3.05) is 38.3 Å². The molecule has 0 radical (unpaired) electrons. The molecule has 0 spiro atoms. The Hall–Kier alpha value is -12.3. The third kappa shape index (κ3) is 21.1. The van der Waals surface area contributed by atoms with E-state index in [9.17, 15) is 75.0 Å². The number of fused-ring (bicyclic) bond motifs is 16. The predicted octanol–water partition coefficient (Wildman–Crippen LogP) is 0.641. The number of aromatic hydroxyl groups is 3. The van der Waals surface area contributed by atoms with Gasteiger partial charge in [-0.1, -0.05) is 89.4 Å². The molecule has 48 heteroatoms. The number of thioether (sulfide) groups is 1. The van der Waals surface area contributed by atoms with E-state index < -0.39 is 290 Å². The van der Waals surface area contributed by atoms with Crippen molar-refractivity contribution in [2.45, 2.75) is 174 Å². The van der Waals surface area contributed by atoms with Crippen LogP contribution in [0.4, 0.5) is 5.13 Å². The molecule has 3 fully saturated rings. The molecule has 2 aromatic heterocycles. The number of aliphatic carboxylic acids is 1. The lowest BCUT2D eigenvalue weighted by Crippen LogP contribution is -2.71. The zero-order valence-electron chi connectivity index (χ0n) is 72.2. The number of thiazole rings is 1. The van der Waals surface area contributed by atoms with Crippen LogP contribution in [-0.4, -0.2) is 248 Å². The average molecular weight is 1970 g/mol. The van der Waals surface area contributed by atoms with Crippen LogP contribution in [0.25, 0.3) is 11.1 Å². The van der Waals surface area contributed by atoms with Gasteiger partial charge in [-0.05, 0) is 122 Å². The number of carboxylic acids is 1. The molecule has 4 unspecified atom stereocenters. The summed E-state index contributed by atoms with van der Waals surface area (Å²) < 4.78 is 34.6. The van der Waals surface area contributed by atoms with Crippen molar-refractivity contribution in [3.8, 4) is 57.1 Å². The van der Waals surface area contributed by atoms with Gasteiger partial charge in [0, 0.05) is 59.2 Å². The number of carbonyl (C=O) groups excluding carboxylic acids is 10. The number of anilines is 1. The van der Waals surface area contributed by atoms with Gasteiger partial charge < -0.3 is 145 Å². The molecule has 0 saturated carbocycles. The lowest BCUT2D eigenvalue weighted by molar-refractivity contribution is -0.689. The molecule has 7 aromatic rings. The van der Waals surface area contributed by atoms with Gasteiger partial charge in [0.05, 0.1) is 59.4 Å². The van der Waals surface area contributed by atoms with Crippen molar-refractivity contribution < 1.29 is 137 Å². The molecule has 43 nitrogen and oxygen atoms in total. The first-order valence-corrected chi connectivity index (χ1v) is 45.2. The van der Waals surface area contributed by atoms with Crippen LogP contribution >= 0.6 is 57.9 Å². The fourth-order valence-corrected chi connectivity index (χ4v) is 19.6. The Labute approximate surface area is 790 Å². The van der Waals surface area contributed by atoms with Gasteiger partial charge in [-0.2, -0.15) is 0 Å². The summed E-state index contributed by atoms with van der Waals surface area (Å²) in [5.41, 5.74) is 13.5. The number of hydrogen-bond acceptors (Lipinski definition) is 33. The van der Waals surface area contributed by atoms with Crippen LogP contribution in [0, 0.1) is 11.8 Å². The standard InChI is InChI=1S/C87H95Cl3N16O27S2/c1-33(2)20-45(94-5)74(117)100-63-67(112)36-11-14-49(43(88)22-36)130-51-24-38-25-52(71(51)133-85-57(70(115)69(114)54(31-107)132-85)53-29-87(4,93)72(116)34(3)129-53)131-50-15-12-37(23-44(50)89)68(113)64-81(124)99-60(42-26-40(108)27-48(110)56(42)41-21-35(10-13-47(41)109)58(77(120)101-64)98-78(121)59(38)97-75(118)46(28-55(91)111)96-80(63)123)76(119)95-16-9-19-128-104-62(61-73(90)135-86(92)103-61)79(122)102-65-82(125)106-66(84(126)127)39(32-134-83(65)106)30-105-17-7-6-8-18-105/h6-8,10-15,17-18,21-27,33-34,45-46,53-54,57-60,63-65,67-70,72,83,85,94,107,112-116H,9,16,19-20,28-32,93H2,1-5H3,(H15-,91,92,95,96,97,98,99,100,101,102,103,104,108,109,110,111,117,118,119,120,121,122,123,124,126,127)/p+1/t34-,45+,46?,53?,54+,57?,58+,59+,60-,63?,64-,65+,67+,68+,69+,70+,72+,83+,85-,87-/m0/s1. The molecule has 0 aliphatic carbocycles. The van der Waals surface area contributed by atoms with E-state index in [-0.39, 0.29) is 80.2 Å². The summed E-state index contributed by atoms with van der Waals surface area (Å²) in [6.45, 7) is 4.91. The Kier molecular flexibility index (Phi) is 30.0. The van der Waals surface area contributed by atoms with Crippen LogP contribution in [0.1, 0.15) is 117 Å². The topological polar surface area (TPSA) is 664 Å². The van der Waals surface area contributed by atoms with Crippen molar-refractivity contribution in [3.63, 3.8) is 0 Å². The quantitative estimate of drug-likeness (QED) is 0.0137. The summed E-state index contributed by atoms with van der Waals surface area (Å²) >= 11 is 22.9. The first-order valence-electron chi connectivity index (χ1n) is 42.2. The molecule has 25 N–H and O–H groups in total. The van der Waals surface area contributed by atoms with E-state index in [1.54, 1.807) is 35.2 Å². The fraction of sp³-hybridized carbons (Fsp3) is 0.402. The van der Waals surface area contributed by atoms with E-state index in [1.807, 2.05) is 13.8 Å². The monoisotopic (exact) mass is 1970 g/mol. The number of ether oxygens (including phenoxy) is 5. The predicted molar refractivity (Wildman–Crippen MR) is 478 cm³/mol. The highest BCUT2D eigenvalue weighted by Crippen LogP contribution is 2.52. The van der Waals surface area contributed by atoms with Gasteiger partial charge in [-0.15, -0.1) is 11.8 Å². The minimum Gasteiger partial charge on any atom is -0.508 e. The third-order valence-electron chi connectivity index (χ3n) is 23.7. The number of halogens is 3. The molecule has 11 heterocycles. The summed E-state index contributed by atoms with van der Waals surface area (Å²) in [4.78, 5) is 173. The number of primary amides is 1. The second-order valence-corrected chi connectivity index (χ2v) is 37.3. The molecular weight excluding hydrogens is 1870 g/mol. The van der Waals surface area contributed by atoms with E-state index in [4.69, 9.17) is 80.5 Å². The first kappa shape index (κ1) is 98.7. The number of rotatable bonds is 23. The third-order valence-corrected chi connectivity index (χ3v) is 26.7. The molecule has 9 aliphatic heterocycles. The van der Waals surface area contributed by atoms with Crippen molar-refractivity contribution in [2.24, 2.45) is 28.5 Å². The lowest BCUT2D eigenvalue weighted by Gasteiger charge is -2.50. The minimum absolute atomic E-state index is 0.108. The Morgan fingerprint density at radius 2 is 1.41 bits per heavy atom. The molecule has 5 aromatic carbocycles. The Bertz CT molecular complexity index is 5900. The average Bonchev–Trinajstić information content (AvgIpc) is 0.793. The maximum atomic E-state index is 16.4. The van der Waals surface area contributed by atoms with Crippen LogP contribution in [0.5, 0.6) is 46.0 Å². The maximum absolute atomic E-state index is 16.4. The van der Waals surface area contributed by atoms with Gasteiger partial charge in [0.15, 0.2) is 41.3 Å². The summed E-state index contributed by atoms with van der Waals surface area (Å²) in [6, 6.07) is 3.25. The molecular formula is C87H96Cl3N16O27S2+. The zero-order valence-corrected chi connectivity index (χ0v) is 76.1. The van der Waals surface area contributed by atoms with Gasteiger partial charge in [-0.25, -0.2) is 14.3 Å². The van der Waals surface area contributed by atoms with Crippen molar-refractivity contribution in [1.29, 1.82) is 0 Å². The number of nitrogens with one attached hydrogen (secondary N) is 9. The van der Waals surface area contributed by atoms with Crippen molar-refractivity contribution >= 4 is 134 Å². The Morgan fingerprint density at radius 1 is 0.756 bits per heavy atom. The van der Waals surface area contributed by atoms with Crippen LogP contribution < -0.4 is 83.8 Å². The molecule has 20 atom stereocenters. The van der Waals surface area contributed by atoms with E-state index in [1.165, 1.54) is 44.8 Å². The van der Waals surface area contributed by atoms with E-state index >= 15 is 28.8 Å². The van der Waals surface area contributed by atoms with Crippen molar-refractivity contribution in [3.05, 3.63) is 169 Å². The number of nitrogens with two attached hydrogens (primary N) is 3. The van der Waals surface area contributed by atoms with Gasteiger partial charge in [-0.3, -0.25) is 52.8 Å². The highest BCUT2D eigenvalue weighted by atomic mass is 35.5. The molecule has 11 bridgehead atoms. The number of carbonyl (C=O) groups is 11. The number of benzene rings is 5. The Morgan fingerprint density at radius 3 is 2.03 bits per heavy atom. The lowest BCUT2D eigenvalue weighted by atomic mass is 9.76. The maximum Gasteiger partial charge on any atom is 0.352 e. The number of carboxylic acid groups (broad SMARTS) is 1. The number of aliphatic hydroxyl groups is 6. The van der Waals surface area contributed by atoms with E-state index in [0.29, 0.717) is 5.57 Å². The number of nitrogen functional groups attached to an aromatic ring is 1. The number of β-lactam (4-membered cyclic amide) rings is 1. The molecule has 718 valence electrons. The number of pyridine rings is 1. The highest BCUT2D eigenvalue weighted by Gasteiger charge is 2.57. The smallest absolute Gasteiger partial charge is 0.352 e. The molecule has 135 heavy (non-hydrogen) atoms. The van der Waals surface area contributed by atoms with Crippen LogP contribution in [0.3, 0.4) is 0 Å². The Balaban J connectivity index is 0.851. The fourth-order valence-electron chi connectivity index (χ4n) is 16.9. The molecule has 10 amide bonds. The summed E-state index contributed by atoms with van der Waals surface area (Å²) in [6.07, 6.45) is -13.5. The van der Waals surface area contributed by atoms with E-state index in [0.717, 1.165) is 83.0 Å². The van der Waals surface area contributed by atoms with Gasteiger partial charge in [0.25, 0.3) is 11.8 Å². The van der Waals surface area contributed by atoms with Crippen LogP contribution in [-0.2, 0) is 73.6 Å². The van der Waals surface area contributed by atoms with E-state index in [2.05, 4.69) is 58.0 Å². The van der Waals surface area contributed by atoms with Crippen LogP contribution in [0.2, 0.25) is 14.4 Å². The number of amides is 10. The number of phenolic OH excluding ortho intramolecular Hbond substituents is 3. The second-order valence-electron chi connectivity index (χ2n) is 33.7. The zero-order chi connectivity index (χ0) is 97.4. The molecule has 16 rings (SSSR count). The number of aromatic nitrogens is 2. The number of likely N-dealkylation sites (N-methyl/N-ethyl adjacent to an activating group) is 1. The number of oxime groups is 1. The SMILES string of the molecule is CN[C@H](CC(C)C)C(=O)NC1C(=O)NC(CC(N)=O)C(=O)N[C@H]2C(=O)N[C@H]3C(=O)N[C@H](C(=O)N[C@H](C(=O)NCCCO/N=C(\C(=O)N[C@@H]4C(=O)N5C(C(=O)O)=C(C[n+]6ccccc6)CS[C@H]45)c4nc(N)sc4Cl)c4cc(O)cc(O)c4-c4cc3ccc4O)[C@H](O)c3ccc(c(Cl)c3)Oc3cc2cc(c3O[C@@H]2O[C@H](CO)[C@@H](O)[C@H](O)C2C2C[C@](C)(N)[C@H](O)[C@H](C)O2)Oc2ccc(cc2Cl)[C@H]1O. The number of aliphatic hydroxyl groups excluding tert-OH is 6.